The number of ether oxygens (including phenoxy) is 3. The summed E-state index contributed by atoms with van der Waals surface area (Å²) in [5.41, 5.74) is 8.71. The summed E-state index contributed by atoms with van der Waals surface area (Å²) in [5, 5.41) is 0. The Morgan fingerprint density at radius 1 is 1.14 bits per heavy atom. The lowest BCUT2D eigenvalue weighted by atomic mass is 10.1. The Morgan fingerprint density at radius 3 is 2.71 bits per heavy atom. The molecule has 0 fully saturated rings. The predicted octanol–water partition coefficient (Wildman–Crippen LogP) is 1.82. The SMILES string of the molecule is COc1ccc(-c2nc(N)c3c(n2)CCOC3)cc1OC. The number of methoxy groups -OCH3 is 2. The molecule has 0 saturated heterocycles. The quantitative estimate of drug-likeness (QED) is 0.927. The maximum atomic E-state index is 6.02. The fourth-order valence-corrected chi connectivity index (χ4v) is 2.36. The minimum atomic E-state index is 0.476. The van der Waals surface area contributed by atoms with Crippen molar-refractivity contribution in [3.8, 4) is 22.9 Å². The zero-order valence-electron chi connectivity index (χ0n) is 12.0. The molecule has 3 rings (SSSR count). The molecule has 1 aliphatic rings. The van der Waals surface area contributed by atoms with Gasteiger partial charge in [-0.2, -0.15) is 0 Å². The molecular weight excluding hydrogens is 270 g/mol. The van der Waals surface area contributed by atoms with Gasteiger partial charge in [-0.1, -0.05) is 0 Å². The molecular formula is C15H17N3O3. The van der Waals surface area contributed by atoms with Crippen molar-refractivity contribution in [3.63, 3.8) is 0 Å². The Labute approximate surface area is 122 Å². The van der Waals surface area contributed by atoms with Crippen molar-refractivity contribution < 1.29 is 14.2 Å². The molecule has 2 heterocycles. The monoisotopic (exact) mass is 287 g/mol. The van der Waals surface area contributed by atoms with Crippen LogP contribution in [0.4, 0.5) is 5.82 Å². The lowest BCUT2D eigenvalue weighted by Crippen LogP contribution is -2.16. The number of hydrogen-bond acceptors (Lipinski definition) is 6. The average molecular weight is 287 g/mol. The first-order chi connectivity index (χ1) is 10.2. The number of aromatic nitrogens is 2. The lowest BCUT2D eigenvalue weighted by molar-refractivity contribution is 0.109. The van der Waals surface area contributed by atoms with Gasteiger partial charge in [0.1, 0.15) is 5.82 Å². The molecule has 1 aliphatic heterocycles. The zero-order valence-corrected chi connectivity index (χ0v) is 12.0. The molecule has 6 heteroatoms. The van der Waals surface area contributed by atoms with Crippen LogP contribution in [-0.4, -0.2) is 30.8 Å². The summed E-state index contributed by atoms with van der Waals surface area (Å²) >= 11 is 0. The van der Waals surface area contributed by atoms with Gasteiger partial charge in [-0.25, -0.2) is 9.97 Å². The molecule has 0 amide bonds. The van der Waals surface area contributed by atoms with E-state index in [4.69, 9.17) is 19.9 Å². The minimum Gasteiger partial charge on any atom is -0.493 e. The summed E-state index contributed by atoms with van der Waals surface area (Å²) in [6.45, 7) is 1.14. The van der Waals surface area contributed by atoms with Crippen LogP contribution in [-0.2, 0) is 17.8 Å². The van der Waals surface area contributed by atoms with Gasteiger partial charge >= 0.3 is 0 Å². The van der Waals surface area contributed by atoms with E-state index < -0.39 is 0 Å². The van der Waals surface area contributed by atoms with Crippen molar-refractivity contribution in [1.29, 1.82) is 0 Å². The number of nitrogen functional groups attached to an aromatic ring is 1. The Hall–Kier alpha value is -2.34. The number of fused-ring (bicyclic) bond motifs is 1. The van der Waals surface area contributed by atoms with E-state index >= 15 is 0 Å². The van der Waals surface area contributed by atoms with Gasteiger partial charge in [-0.05, 0) is 18.2 Å². The maximum Gasteiger partial charge on any atom is 0.161 e. The molecule has 110 valence electrons. The smallest absolute Gasteiger partial charge is 0.161 e. The van der Waals surface area contributed by atoms with E-state index in [2.05, 4.69) is 9.97 Å². The lowest BCUT2D eigenvalue weighted by Gasteiger charge is -2.18. The van der Waals surface area contributed by atoms with Crippen molar-refractivity contribution in [1.82, 2.24) is 9.97 Å². The second-order valence-electron chi connectivity index (χ2n) is 4.73. The highest BCUT2D eigenvalue weighted by Crippen LogP contribution is 2.32. The predicted molar refractivity (Wildman–Crippen MR) is 78.3 cm³/mol. The third-order valence-electron chi connectivity index (χ3n) is 3.50. The molecule has 1 aromatic heterocycles. The Kier molecular flexibility index (Phi) is 3.62. The molecule has 0 bridgehead atoms. The summed E-state index contributed by atoms with van der Waals surface area (Å²) in [6, 6.07) is 5.57. The van der Waals surface area contributed by atoms with Gasteiger partial charge in [0.15, 0.2) is 17.3 Å². The minimum absolute atomic E-state index is 0.476. The van der Waals surface area contributed by atoms with E-state index in [1.165, 1.54) is 0 Å². The van der Waals surface area contributed by atoms with E-state index in [0.29, 0.717) is 36.4 Å². The van der Waals surface area contributed by atoms with Crippen molar-refractivity contribution in [2.75, 3.05) is 26.6 Å². The maximum absolute atomic E-state index is 6.02. The third kappa shape index (κ3) is 2.50. The highest BCUT2D eigenvalue weighted by Gasteiger charge is 2.18. The van der Waals surface area contributed by atoms with Crippen molar-refractivity contribution in [2.24, 2.45) is 0 Å². The molecule has 2 aromatic rings. The molecule has 21 heavy (non-hydrogen) atoms. The average Bonchev–Trinajstić information content (AvgIpc) is 2.54. The normalized spacial score (nSPS) is 13.6. The fourth-order valence-electron chi connectivity index (χ4n) is 2.36. The molecule has 0 aliphatic carbocycles. The van der Waals surface area contributed by atoms with Gasteiger partial charge in [0, 0.05) is 17.5 Å². The molecule has 0 radical (unpaired) electrons. The van der Waals surface area contributed by atoms with Crippen LogP contribution in [0.1, 0.15) is 11.3 Å². The highest BCUT2D eigenvalue weighted by molar-refractivity contribution is 5.63. The van der Waals surface area contributed by atoms with Crippen LogP contribution in [0.15, 0.2) is 18.2 Å². The van der Waals surface area contributed by atoms with E-state index in [1.807, 2.05) is 18.2 Å². The van der Waals surface area contributed by atoms with Gasteiger partial charge in [-0.3, -0.25) is 0 Å². The van der Waals surface area contributed by atoms with Crippen molar-refractivity contribution >= 4 is 5.82 Å². The van der Waals surface area contributed by atoms with E-state index in [9.17, 15) is 0 Å². The second kappa shape index (κ2) is 5.57. The van der Waals surface area contributed by atoms with Crippen LogP contribution in [0.3, 0.4) is 0 Å². The number of nitrogens with two attached hydrogens (primary N) is 1. The first-order valence-electron chi connectivity index (χ1n) is 6.68. The van der Waals surface area contributed by atoms with Crippen LogP contribution in [0.25, 0.3) is 11.4 Å². The molecule has 0 saturated carbocycles. The topological polar surface area (TPSA) is 79.5 Å². The largest absolute Gasteiger partial charge is 0.493 e. The second-order valence-corrected chi connectivity index (χ2v) is 4.73. The van der Waals surface area contributed by atoms with Gasteiger partial charge in [0.2, 0.25) is 0 Å². The molecule has 6 nitrogen and oxygen atoms in total. The zero-order chi connectivity index (χ0) is 14.8. The third-order valence-corrected chi connectivity index (χ3v) is 3.50. The number of anilines is 1. The summed E-state index contributed by atoms with van der Waals surface area (Å²) in [5.74, 6) is 2.37. The summed E-state index contributed by atoms with van der Waals surface area (Å²) in [7, 11) is 3.20. The number of benzene rings is 1. The van der Waals surface area contributed by atoms with E-state index in [0.717, 1.165) is 23.2 Å². The van der Waals surface area contributed by atoms with Gasteiger partial charge in [0.05, 0.1) is 33.1 Å². The number of nitrogens with zero attached hydrogens (tertiary/aromatic N) is 2. The van der Waals surface area contributed by atoms with Gasteiger partial charge in [-0.15, -0.1) is 0 Å². The summed E-state index contributed by atoms with van der Waals surface area (Å²) < 4.78 is 15.9. The Balaban J connectivity index is 2.06. The molecule has 0 atom stereocenters. The number of rotatable bonds is 3. The van der Waals surface area contributed by atoms with Crippen LogP contribution in [0.5, 0.6) is 11.5 Å². The fraction of sp³-hybridized carbons (Fsp3) is 0.333. The van der Waals surface area contributed by atoms with E-state index in [1.54, 1.807) is 14.2 Å². The van der Waals surface area contributed by atoms with Crippen molar-refractivity contribution in [2.45, 2.75) is 13.0 Å². The first kappa shape index (κ1) is 13.6. The van der Waals surface area contributed by atoms with Gasteiger partial charge < -0.3 is 19.9 Å². The molecule has 0 spiro atoms. The van der Waals surface area contributed by atoms with Crippen LogP contribution >= 0.6 is 0 Å². The first-order valence-corrected chi connectivity index (χ1v) is 6.68. The summed E-state index contributed by atoms with van der Waals surface area (Å²) in [4.78, 5) is 8.99. The van der Waals surface area contributed by atoms with Gasteiger partial charge in [0.25, 0.3) is 0 Å². The number of hydrogen-bond donors (Lipinski definition) is 1. The van der Waals surface area contributed by atoms with Crippen LogP contribution in [0, 0.1) is 0 Å². The van der Waals surface area contributed by atoms with Crippen LogP contribution in [0.2, 0.25) is 0 Å². The highest BCUT2D eigenvalue weighted by atomic mass is 16.5. The Morgan fingerprint density at radius 2 is 1.95 bits per heavy atom. The molecule has 1 aromatic carbocycles. The van der Waals surface area contributed by atoms with E-state index in [-0.39, 0.29) is 0 Å². The Bertz CT molecular complexity index is 673. The summed E-state index contributed by atoms with van der Waals surface area (Å²) in [6.07, 6.45) is 0.752. The van der Waals surface area contributed by atoms with Crippen molar-refractivity contribution in [3.05, 3.63) is 29.5 Å². The van der Waals surface area contributed by atoms with Crippen LogP contribution < -0.4 is 15.2 Å². The standard InChI is InChI=1S/C15H17N3O3/c1-19-12-4-3-9(7-13(12)20-2)15-17-11-5-6-21-8-10(11)14(16)18-15/h3-4,7H,5-6,8H2,1-2H3,(H2,16,17,18). The molecule has 0 unspecified atom stereocenters. The molecule has 2 N–H and O–H groups in total.